The largest absolute Gasteiger partial charge is 0.315 e. The van der Waals surface area contributed by atoms with Gasteiger partial charge >= 0.3 is 0 Å². The monoisotopic (exact) mass is 282 g/mol. The van der Waals surface area contributed by atoms with E-state index in [9.17, 15) is 0 Å². The van der Waals surface area contributed by atoms with Crippen molar-refractivity contribution in [1.29, 1.82) is 0 Å². The van der Waals surface area contributed by atoms with E-state index in [1.807, 2.05) is 0 Å². The topological polar surface area (TPSA) is 15.3 Å². The summed E-state index contributed by atoms with van der Waals surface area (Å²) in [7, 11) is 0. The molecule has 0 fully saturated rings. The van der Waals surface area contributed by atoms with Crippen LogP contribution in [-0.4, -0.2) is 24.5 Å². The minimum Gasteiger partial charge on any atom is -0.315 e. The van der Waals surface area contributed by atoms with E-state index >= 15 is 0 Å². The number of hydrogen-bond donors (Lipinski definition) is 1. The molecule has 21 heavy (non-hydrogen) atoms. The quantitative estimate of drug-likeness (QED) is 0.791. The second-order valence-corrected chi connectivity index (χ2v) is 5.28. The number of rotatable bonds is 8. The molecule has 0 heterocycles. The Bertz CT molecular complexity index is 495. The molecule has 1 atom stereocenters. The molecule has 2 aromatic rings. The van der Waals surface area contributed by atoms with Crippen LogP contribution in [0.15, 0.2) is 60.7 Å². The normalized spacial score (nSPS) is 12.5. The summed E-state index contributed by atoms with van der Waals surface area (Å²) in [5.74, 6) is 0. The van der Waals surface area contributed by atoms with Gasteiger partial charge in [-0.05, 0) is 24.2 Å². The predicted molar refractivity (Wildman–Crippen MR) is 90.3 cm³/mol. The molecule has 0 radical (unpaired) electrons. The van der Waals surface area contributed by atoms with Crippen LogP contribution in [0.3, 0.4) is 0 Å². The molecule has 0 aromatic heterocycles. The summed E-state index contributed by atoms with van der Waals surface area (Å²) in [6.07, 6.45) is 0. The molecule has 2 nitrogen and oxygen atoms in total. The van der Waals surface area contributed by atoms with E-state index in [0.717, 1.165) is 26.2 Å². The zero-order chi connectivity index (χ0) is 14.9. The summed E-state index contributed by atoms with van der Waals surface area (Å²) in [6, 6.07) is 21.9. The van der Waals surface area contributed by atoms with Gasteiger partial charge in [0.05, 0.1) is 0 Å². The van der Waals surface area contributed by atoms with Crippen molar-refractivity contribution in [1.82, 2.24) is 10.2 Å². The van der Waals surface area contributed by atoms with Crippen LogP contribution >= 0.6 is 0 Å². The van der Waals surface area contributed by atoms with Gasteiger partial charge in [0, 0.05) is 19.1 Å². The highest BCUT2D eigenvalue weighted by molar-refractivity contribution is 5.21. The van der Waals surface area contributed by atoms with Gasteiger partial charge in [-0.2, -0.15) is 0 Å². The Morgan fingerprint density at radius 3 is 2.10 bits per heavy atom. The van der Waals surface area contributed by atoms with Crippen LogP contribution < -0.4 is 5.32 Å². The maximum Gasteiger partial charge on any atom is 0.0476 e. The summed E-state index contributed by atoms with van der Waals surface area (Å²) in [5, 5.41) is 3.51. The first kappa shape index (κ1) is 15.7. The van der Waals surface area contributed by atoms with Gasteiger partial charge in [0.25, 0.3) is 0 Å². The number of nitrogens with one attached hydrogen (secondary N) is 1. The van der Waals surface area contributed by atoms with Crippen molar-refractivity contribution in [2.45, 2.75) is 26.4 Å². The van der Waals surface area contributed by atoms with Gasteiger partial charge in [-0.1, -0.05) is 74.5 Å². The SMILES string of the molecule is CCNCC(c1ccccc1)N(CC)Cc1ccccc1. The standard InChI is InChI=1S/C19H26N2/c1-3-20-15-19(18-13-9-6-10-14-18)21(4-2)16-17-11-7-5-8-12-17/h5-14,19-20H,3-4,15-16H2,1-2H3. The van der Waals surface area contributed by atoms with Crippen LogP contribution in [0.2, 0.25) is 0 Å². The Labute approximate surface area is 128 Å². The lowest BCUT2D eigenvalue weighted by molar-refractivity contribution is 0.194. The van der Waals surface area contributed by atoms with Gasteiger partial charge in [0.15, 0.2) is 0 Å². The molecular weight excluding hydrogens is 256 g/mol. The third kappa shape index (κ3) is 4.69. The minimum atomic E-state index is 0.413. The van der Waals surface area contributed by atoms with Crippen LogP contribution in [0.25, 0.3) is 0 Å². The molecule has 0 saturated carbocycles. The Balaban J connectivity index is 2.16. The Hall–Kier alpha value is -1.64. The molecule has 0 aliphatic heterocycles. The van der Waals surface area contributed by atoms with E-state index in [-0.39, 0.29) is 0 Å². The third-order valence-electron chi connectivity index (χ3n) is 3.85. The number of nitrogens with zero attached hydrogens (tertiary/aromatic N) is 1. The van der Waals surface area contributed by atoms with E-state index in [1.165, 1.54) is 11.1 Å². The molecule has 1 unspecified atom stereocenters. The van der Waals surface area contributed by atoms with Gasteiger partial charge in [0.2, 0.25) is 0 Å². The lowest BCUT2D eigenvalue weighted by Crippen LogP contribution is -2.35. The molecule has 0 aliphatic carbocycles. The van der Waals surface area contributed by atoms with Crippen LogP contribution in [0.5, 0.6) is 0 Å². The van der Waals surface area contributed by atoms with Crippen molar-refractivity contribution in [3.8, 4) is 0 Å². The minimum absolute atomic E-state index is 0.413. The fourth-order valence-electron chi connectivity index (χ4n) is 2.67. The zero-order valence-corrected chi connectivity index (χ0v) is 13.1. The third-order valence-corrected chi connectivity index (χ3v) is 3.85. The highest BCUT2D eigenvalue weighted by atomic mass is 15.2. The van der Waals surface area contributed by atoms with Gasteiger partial charge < -0.3 is 5.32 Å². The second-order valence-electron chi connectivity index (χ2n) is 5.28. The molecule has 0 spiro atoms. The maximum atomic E-state index is 3.51. The van der Waals surface area contributed by atoms with Gasteiger partial charge in [0.1, 0.15) is 0 Å². The summed E-state index contributed by atoms with van der Waals surface area (Å²) in [5.41, 5.74) is 2.76. The van der Waals surface area contributed by atoms with Crippen LogP contribution in [0.1, 0.15) is 31.0 Å². The lowest BCUT2D eigenvalue weighted by Gasteiger charge is -2.31. The van der Waals surface area contributed by atoms with Crippen LogP contribution in [0.4, 0.5) is 0 Å². The molecule has 112 valence electrons. The van der Waals surface area contributed by atoms with Crippen molar-refractivity contribution in [3.63, 3.8) is 0 Å². The average Bonchev–Trinajstić information content (AvgIpc) is 2.56. The summed E-state index contributed by atoms with van der Waals surface area (Å²) >= 11 is 0. The van der Waals surface area contributed by atoms with E-state index in [1.54, 1.807) is 0 Å². The zero-order valence-electron chi connectivity index (χ0n) is 13.1. The number of benzene rings is 2. The van der Waals surface area contributed by atoms with Crippen LogP contribution in [0, 0.1) is 0 Å². The van der Waals surface area contributed by atoms with Gasteiger partial charge in [-0.3, -0.25) is 4.90 Å². The summed E-state index contributed by atoms with van der Waals surface area (Å²) in [6.45, 7) is 8.43. The van der Waals surface area contributed by atoms with Crippen molar-refractivity contribution < 1.29 is 0 Å². The molecule has 2 aromatic carbocycles. The lowest BCUT2D eigenvalue weighted by atomic mass is 10.0. The molecular formula is C19H26N2. The van der Waals surface area contributed by atoms with E-state index in [4.69, 9.17) is 0 Å². The maximum absolute atomic E-state index is 3.51. The average molecular weight is 282 g/mol. The van der Waals surface area contributed by atoms with Gasteiger partial charge in [-0.25, -0.2) is 0 Å². The molecule has 0 saturated heterocycles. The van der Waals surface area contributed by atoms with Crippen molar-refractivity contribution in [3.05, 3.63) is 71.8 Å². The smallest absolute Gasteiger partial charge is 0.0476 e. The molecule has 0 bridgehead atoms. The summed E-state index contributed by atoms with van der Waals surface area (Å²) in [4.78, 5) is 2.54. The predicted octanol–water partition coefficient (Wildman–Crippen LogP) is 3.86. The molecule has 0 aliphatic rings. The number of likely N-dealkylation sites (N-methyl/N-ethyl adjacent to an activating group) is 2. The molecule has 2 heteroatoms. The van der Waals surface area contributed by atoms with E-state index in [0.29, 0.717) is 6.04 Å². The van der Waals surface area contributed by atoms with Gasteiger partial charge in [-0.15, -0.1) is 0 Å². The Morgan fingerprint density at radius 2 is 1.52 bits per heavy atom. The second kappa shape index (κ2) is 8.60. The van der Waals surface area contributed by atoms with Crippen molar-refractivity contribution in [2.75, 3.05) is 19.6 Å². The fourth-order valence-corrected chi connectivity index (χ4v) is 2.67. The molecule has 1 N–H and O–H groups in total. The molecule has 0 amide bonds. The molecule has 2 rings (SSSR count). The Kier molecular flexibility index (Phi) is 6.45. The van der Waals surface area contributed by atoms with Crippen molar-refractivity contribution in [2.24, 2.45) is 0 Å². The number of hydrogen-bond acceptors (Lipinski definition) is 2. The van der Waals surface area contributed by atoms with Crippen LogP contribution in [-0.2, 0) is 6.54 Å². The highest BCUT2D eigenvalue weighted by Crippen LogP contribution is 2.22. The first-order valence-corrected chi connectivity index (χ1v) is 7.88. The van der Waals surface area contributed by atoms with Crippen molar-refractivity contribution >= 4 is 0 Å². The fraction of sp³-hybridized carbons (Fsp3) is 0.368. The Morgan fingerprint density at radius 1 is 0.905 bits per heavy atom. The van der Waals surface area contributed by atoms with E-state index < -0.39 is 0 Å². The van der Waals surface area contributed by atoms with E-state index in [2.05, 4.69) is 84.7 Å². The summed E-state index contributed by atoms with van der Waals surface area (Å²) < 4.78 is 0. The highest BCUT2D eigenvalue weighted by Gasteiger charge is 2.18. The first-order chi connectivity index (χ1) is 10.3. The first-order valence-electron chi connectivity index (χ1n) is 7.88.